The van der Waals surface area contributed by atoms with Crippen LogP contribution in [0.3, 0.4) is 0 Å². The monoisotopic (exact) mass is 291 g/mol. The van der Waals surface area contributed by atoms with Crippen LogP contribution in [-0.4, -0.2) is 27.7 Å². The van der Waals surface area contributed by atoms with Crippen molar-refractivity contribution in [2.75, 3.05) is 6.61 Å². The van der Waals surface area contributed by atoms with Crippen molar-refractivity contribution >= 4 is 23.2 Å². The number of hydrogen-bond acceptors (Lipinski definition) is 5. The van der Waals surface area contributed by atoms with Crippen molar-refractivity contribution in [2.45, 2.75) is 58.3 Å². The Hall–Kier alpha value is -0.790. The molecule has 1 atom stereocenters. The van der Waals surface area contributed by atoms with E-state index in [1.165, 1.54) is 19.3 Å². The van der Waals surface area contributed by atoms with Crippen LogP contribution in [-0.2, 0) is 29.4 Å². The van der Waals surface area contributed by atoms with Gasteiger partial charge in [-0.3, -0.25) is 13.8 Å². The molecular weight excluding hydrogens is 270 g/mol. The van der Waals surface area contributed by atoms with Gasteiger partial charge in [-0.05, 0) is 6.42 Å². The van der Waals surface area contributed by atoms with E-state index in [1.54, 1.807) is 0 Å². The lowest BCUT2D eigenvalue weighted by atomic mass is 10.1. The molecule has 1 rings (SSSR count). The quantitative estimate of drug-likeness (QED) is 0.455. The SMILES string of the molecule is CCCCCCCCOS(=O)ON1C(=O)CCC1=O. The molecule has 0 bridgehead atoms. The molecule has 1 aliphatic rings. The summed E-state index contributed by atoms with van der Waals surface area (Å²) in [5, 5.41) is 0.539. The van der Waals surface area contributed by atoms with Crippen LogP contribution < -0.4 is 0 Å². The van der Waals surface area contributed by atoms with E-state index in [1.807, 2.05) is 0 Å². The smallest absolute Gasteiger partial charge is 0.272 e. The predicted molar refractivity (Wildman–Crippen MR) is 69.6 cm³/mol. The van der Waals surface area contributed by atoms with Gasteiger partial charge in [0.25, 0.3) is 11.8 Å². The first-order valence-corrected chi connectivity index (χ1v) is 7.74. The number of amides is 2. The van der Waals surface area contributed by atoms with Crippen LogP contribution in [0.5, 0.6) is 0 Å². The fourth-order valence-corrected chi connectivity index (χ4v) is 2.32. The van der Waals surface area contributed by atoms with Crippen molar-refractivity contribution in [3.05, 3.63) is 0 Å². The Labute approximate surface area is 116 Å². The second-order valence-electron chi connectivity index (χ2n) is 4.45. The average Bonchev–Trinajstić information content (AvgIpc) is 2.69. The lowest BCUT2D eigenvalue weighted by Gasteiger charge is -2.10. The minimum Gasteiger partial charge on any atom is -0.272 e. The summed E-state index contributed by atoms with van der Waals surface area (Å²) in [6, 6.07) is 0. The molecular formula is C12H21NO5S. The fourth-order valence-electron chi connectivity index (χ4n) is 1.73. The van der Waals surface area contributed by atoms with Crippen LogP contribution in [0.15, 0.2) is 0 Å². The second-order valence-corrected chi connectivity index (χ2v) is 5.24. The van der Waals surface area contributed by atoms with Gasteiger partial charge in [0.15, 0.2) is 0 Å². The molecule has 110 valence electrons. The minimum atomic E-state index is -2.08. The maximum absolute atomic E-state index is 11.3. The number of imide groups is 1. The molecule has 1 aliphatic heterocycles. The van der Waals surface area contributed by atoms with E-state index >= 15 is 0 Å². The van der Waals surface area contributed by atoms with Gasteiger partial charge in [-0.15, -0.1) is 9.35 Å². The number of rotatable bonds is 10. The largest absolute Gasteiger partial charge is 0.328 e. The average molecular weight is 291 g/mol. The van der Waals surface area contributed by atoms with Gasteiger partial charge < -0.3 is 0 Å². The van der Waals surface area contributed by atoms with Gasteiger partial charge in [0, 0.05) is 12.8 Å². The highest BCUT2D eigenvalue weighted by Gasteiger charge is 2.32. The third-order valence-electron chi connectivity index (χ3n) is 2.82. The number of nitrogens with zero attached hydrogens (tertiary/aromatic N) is 1. The normalized spacial score (nSPS) is 17.2. The fraction of sp³-hybridized carbons (Fsp3) is 0.833. The Morgan fingerprint density at radius 2 is 1.63 bits per heavy atom. The van der Waals surface area contributed by atoms with Gasteiger partial charge >= 0.3 is 11.4 Å². The lowest BCUT2D eigenvalue weighted by Crippen LogP contribution is -2.30. The summed E-state index contributed by atoms with van der Waals surface area (Å²) < 4.78 is 20.9. The van der Waals surface area contributed by atoms with Crippen molar-refractivity contribution < 1.29 is 22.3 Å². The van der Waals surface area contributed by atoms with Crippen LogP contribution in [0.2, 0.25) is 0 Å². The van der Waals surface area contributed by atoms with Crippen LogP contribution in [0.1, 0.15) is 58.3 Å². The predicted octanol–water partition coefficient (Wildman–Crippen LogP) is 2.02. The molecule has 2 amide bonds. The third-order valence-corrected chi connectivity index (χ3v) is 3.45. The van der Waals surface area contributed by atoms with Crippen LogP contribution in [0.25, 0.3) is 0 Å². The van der Waals surface area contributed by atoms with Gasteiger partial charge in [-0.25, -0.2) is 0 Å². The summed E-state index contributed by atoms with van der Waals surface area (Å²) in [4.78, 5) is 22.4. The molecule has 0 aromatic heterocycles. The van der Waals surface area contributed by atoms with Crippen LogP contribution in [0.4, 0.5) is 0 Å². The van der Waals surface area contributed by atoms with Crippen molar-refractivity contribution in [3.63, 3.8) is 0 Å². The summed E-state index contributed by atoms with van der Waals surface area (Å²) in [7, 11) is 0. The highest BCUT2D eigenvalue weighted by atomic mass is 32.2. The van der Waals surface area contributed by atoms with Gasteiger partial charge in [0.05, 0.1) is 6.61 Å². The third kappa shape index (κ3) is 6.26. The number of hydroxylamine groups is 2. The minimum absolute atomic E-state index is 0.105. The highest BCUT2D eigenvalue weighted by Crippen LogP contribution is 2.13. The van der Waals surface area contributed by atoms with E-state index < -0.39 is 23.2 Å². The first kappa shape index (κ1) is 16.3. The number of unbranched alkanes of at least 4 members (excludes halogenated alkanes) is 5. The molecule has 1 heterocycles. The Kier molecular flexibility index (Phi) is 7.85. The zero-order chi connectivity index (χ0) is 14.1. The molecule has 19 heavy (non-hydrogen) atoms. The van der Waals surface area contributed by atoms with Gasteiger partial charge in [-0.1, -0.05) is 39.0 Å². The highest BCUT2D eigenvalue weighted by molar-refractivity contribution is 7.75. The van der Waals surface area contributed by atoms with E-state index in [9.17, 15) is 13.8 Å². The molecule has 0 N–H and O–H groups in total. The van der Waals surface area contributed by atoms with Crippen molar-refractivity contribution in [3.8, 4) is 0 Å². The number of carbonyl (C=O) groups is 2. The van der Waals surface area contributed by atoms with E-state index in [4.69, 9.17) is 4.18 Å². The summed E-state index contributed by atoms with van der Waals surface area (Å²) >= 11 is -2.08. The van der Waals surface area contributed by atoms with Crippen molar-refractivity contribution in [2.24, 2.45) is 0 Å². The molecule has 1 fully saturated rings. The molecule has 0 saturated carbocycles. The molecule has 1 saturated heterocycles. The first-order chi connectivity index (χ1) is 9.15. The standard InChI is InChI=1S/C12H21NO5S/c1-2-3-4-5-6-7-10-17-19(16)18-13-11(14)8-9-12(13)15/h2-10H2,1H3. The summed E-state index contributed by atoms with van der Waals surface area (Å²) in [6.07, 6.45) is 6.78. The topological polar surface area (TPSA) is 72.9 Å². The molecule has 6 nitrogen and oxygen atoms in total. The van der Waals surface area contributed by atoms with Crippen LogP contribution in [0, 0.1) is 0 Å². The molecule has 0 radical (unpaired) electrons. The second kappa shape index (κ2) is 9.17. The van der Waals surface area contributed by atoms with E-state index in [-0.39, 0.29) is 12.8 Å². The molecule has 0 aromatic rings. The van der Waals surface area contributed by atoms with E-state index in [0.717, 1.165) is 19.3 Å². The maximum Gasteiger partial charge on any atom is 0.328 e. The van der Waals surface area contributed by atoms with Crippen molar-refractivity contribution in [1.29, 1.82) is 0 Å². The van der Waals surface area contributed by atoms with E-state index in [2.05, 4.69) is 11.2 Å². The zero-order valence-electron chi connectivity index (χ0n) is 11.3. The summed E-state index contributed by atoms with van der Waals surface area (Å²) in [5.74, 6) is -0.942. The Balaban J connectivity index is 2.05. The lowest BCUT2D eigenvalue weighted by molar-refractivity contribution is -0.164. The number of carbonyl (C=O) groups excluding carboxylic acids is 2. The molecule has 0 spiro atoms. The summed E-state index contributed by atoms with van der Waals surface area (Å²) in [6.45, 7) is 2.46. The molecule has 7 heteroatoms. The zero-order valence-corrected chi connectivity index (χ0v) is 12.1. The number of hydrogen-bond donors (Lipinski definition) is 0. The van der Waals surface area contributed by atoms with Crippen LogP contribution >= 0.6 is 0 Å². The Morgan fingerprint density at radius 1 is 1.05 bits per heavy atom. The van der Waals surface area contributed by atoms with Gasteiger partial charge in [0.1, 0.15) is 0 Å². The van der Waals surface area contributed by atoms with Gasteiger partial charge in [0.2, 0.25) is 0 Å². The summed E-state index contributed by atoms with van der Waals surface area (Å²) in [5.41, 5.74) is 0. The maximum atomic E-state index is 11.3. The van der Waals surface area contributed by atoms with E-state index in [0.29, 0.717) is 11.7 Å². The molecule has 1 unspecified atom stereocenters. The molecule has 0 aromatic carbocycles. The Morgan fingerprint density at radius 3 is 2.26 bits per heavy atom. The van der Waals surface area contributed by atoms with Gasteiger partial charge in [-0.2, -0.15) is 4.21 Å². The van der Waals surface area contributed by atoms with Crippen molar-refractivity contribution in [1.82, 2.24) is 5.06 Å². The first-order valence-electron chi connectivity index (χ1n) is 6.74. The Bertz CT molecular complexity index is 318. The molecule has 0 aliphatic carbocycles.